The molecule has 152 valence electrons. The quantitative estimate of drug-likeness (QED) is 0.672. The molecule has 3 aromatic heterocycles. The Morgan fingerprint density at radius 3 is 2.97 bits per heavy atom. The summed E-state index contributed by atoms with van der Waals surface area (Å²) < 4.78 is 5.25. The van der Waals surface area contributed by atoms with Crippen molar-refractivity contribution in [2.45, 2.75) is 52.9 Å². The Balaban J connectivity index is 1.32. The molecule has 7 nitrogen and oxygen atoms in total. The van der Waals surface area contributed by atoms with E-state index in [0.29, 0.717) is 34.6 Å². The number of anilines is 1. The van der Waals surface area contributed by atoms with Gasteiger partial charge in [0.25, 0.3) is 0 Å². The lowest BCUT2D eigenvalue weighted by Crippen LogP contribution is -2.26. The fourth-order valence-electron chi connectivity index (χ4n) is 3.54. The molecule has 0 saturated carbocycles. The van der Waals surface area contributed by atoms with Gasteiger partial charge in [-0.3, -0.25) is 9.78 Å². The summed E-state index contributed by atoms with van der Waals surface area (Å²) in [5, 5.41) is 7.57. The van der Waals surface area contributed by atoms with Gasteiger partial charge in [0.15, 0.2) is 5.13 Å². The Labute approximate surface area is 174 Å². The topological polar surface area (TPSA) is 93.8 Å². The molecule has 0 saturated heterocycles. The average molecular weight is 412 g/mol. The maximum Gasteiger partial charge on any atom is 0.227 e. The van der Waals surface area contributed by atoms with Crippen LogP contribution in [0.15, 0.2) is 29.0 Å². The summed E-state index contributed by atoms with van der Waals surface area (Å²) in [7, 11) is 0. The van der Waals surface area contributed by atoms with E-state index in [2.05, 4.69) is 46.2 Å². The number of hydrogen-bond donors (Lipinski definition) is 1. The molecule has 1 unspecified atom stereocenters. The zero-order valence-electron chi connectivity index (χ0n) is 16.9. The first-order valence-corrected chi connectivity index (χ1v) is 10.7. The van der Waals surface area contributed by atoms with Gasteiger partial charge in [0.1, 0.15) is 0 Å². The number of carbonyl (C=O) groups excluding carboxylic acids is 1. The molecule has 0 fully saturated rings. The minimum absolute atomic E-state index is 0.0930. The Morgan fingerprint density at radius 1 is 1.34 bits per heavy atom. The van der Waals surface area contributed by atoms with Gasteiger partial charge in [-0.05, 0) is 42.7 Å². The fraction of sp³-hybridized carbons (Fsp3) is 0.476. The van der Waals surface area contributed by atoms with Gasteiger partial charge in [-0.25, -0.2) is 4.98 Å². The third-order valence-corrected chi connectivity index (χ3v) is 6.40. The number of aromatic nitrogens is 4. The first kappa shape index (κ1) is 19.7. The molecule has 4 rings (SSSR count). The van der Waals surface area contributed by atoms with Crippen LogP contribution < -0.4 is 5.32 Å². The van der Waals surface area contributed by atoms with E-state index in [-0.39, 0.29) is 12.3 Å². The third kappa shape index (κ3) is 4.70. The SMILES string of the molecule is CC(C)(C)C1CCc2nc(NC(=O)CCc3nc(-c4cccnc4)no3)sc2C1. The predicted octanol–water partition coefficient (Wildman–Crippen LogP) is 4.31. The fourth-order valence-corrected chi connectivity index (χ4v) is 4.64. The number of pyridine rings is 1. The number of hydrogen-bond acceptors (Lipinski definition) is 7. The van der Waals surface area contributed by atoms with Crippen LogP contribution in [0.1, 0.15) is 50.1 Å². The molecule has 0 aromatic carbocycles. The number of fused-ring (bicyclic) bond motifs is 1. The smallest absolute Gasteiger partial charge is 0.227 e. The molecule has 3 aromatic rings. The largest absolute Gasteiger partial charge is 0.339 e. The first-order chi connectivity index (χ1) is 13.9. The van der Waals surface area contributed by atoms with Crippen LogP contribution in [0, 0.1) is 11.3 Å². The van der Waals surface area contributed by atoms with E-state index in [1.165, 1.54) is 4.88 Å². The molecule has 1 aliphatic rings. The van der Waals surface area contributed by atoms with Crippen molar-refractivity contribution in [2.24, 2.45) is 11.3 Å². The van der Waals surface area contributed by atoms with Gasteiger partial charge in [0.05, 0.1) is 5.69 Å². The molecule has 0 aliphatic heterocycles. The minimum atomic E-state index is -0.0930. The van der Waals surface area contributed by atoms with Crippen molar-refractivity contribution in [3.8, 4) is 11.4 Å². The Morgan fingerprint density at radius 2 is 2.21 bits per heavy atom. The highest BCUT2D eigenvalue weighted by molar-refractivity contribution is 7.15. The van der Waals surface area contributed by atoms with Crippen LogP contribution in [-0.4, -0.2) is 26.0 Å². The molecule has 0 radical (unpaired) electrons. The summed E-state index contributed by atoms with van der Waals surface area (Å²) in [6.07, 6.45) is 7.21. The molecule has 0 spiro atoms. The molecule has 3 heterocycles. The van der Waals surface area contributed by atoms with E-state index in [0.717, 1.165) is 30.5 Å². The summed E-state index contributed by atoms with van der Waals surface area (Å²) in [6, 6.07) is 3.68. The third-order valence-electron chi connectivity index (χ3n) is 5.36. The predicted molar refractivity (Wildman–Crippen MR) is 112 cm³/mol. The Hall–Kier alpha value is -2.61. The number of amides is 1. The second-order valence-corrected chi connectivity index (χ2v) is 9.58. The monoisotopic (exact) mass is 411 g/mol. The van der Waals surface area contributed by atoms with Gasteiger partial charge in [0, 0.05) is 35.7 Å². The molecule has 1 atom stereocenters. The number of aryl methyl sites for hydroxylation is 2. The van der Waals surface area contributed by atoms with Crippen LogP contribution in [0.4, 0.5) is 5.13 Å². The van der Waals surface area contributed by atoms with E-state index in [1.54, 1.807) is 23.7 Å². The molecule has 0 bridgehead atoms. The summed E-state index contributed by atoms with van der Waals surface area (Å²) >= 11 is 1.61. The van der Waals surface area contributed by atoms with Crippen molar-refractivity contribution >= 4 is 22.4 Å². The van der Waals surface area contributed by atoms with Crippen LogP contribution >= 0.6 is 11.3 Å². The van der Waals surface area contributed by atoms with Crippen molar-refractivity contribution in [3.05, 3.63) is 41.0 Å². The number of nitrogens with zero attached hydrogens (tertiary/aromatic N) is 4. The van der Waals surface area contributed by atoms with Crippen LogP contribution in [0.3, 0.4) is 0 Å². The lowest BCUT2D eigenvalue weighted by molar-refractivity contribution is -0.116. The lowest BCUT2D eigenvalue weighted by atomic mass is 9.73. The van der Waals surface area contributed by atoms with Gasteiger partial charge < -0.3 is 9.84 Å². The highest BCUT2D eigenvalue weighted by Crippen LogP contribution is 2.40. The number of carbonyl (C=O) groups is 1. The minimum Gasteiger partial charge on any atom is -0.339 e. The standard InChI is InChI=1S/C21H25N5O2S/c1-21(2,3)14-6-7-15-16(11-14)29-20(23-15)24-17(27)8-9-18-25-19(26-28-18)13-5-4-10-22-12-13/h4-5,10,12,14H,6-9,11H2,1-3H3,(H,23,24,27). The summed E-state index contributed by atoms with van der Waals surface area (Å²) in [5.74, 6) is 1.48. The van der Waals surface area contributed by atoms with E-state index >= 15 is 0 Å². The van der Waals surface area contributed by atoms with Crippen molar-refractivity contribution in [1.82, 2.24) is 20.1 Å². The zero-order chi connectivity index (χ0) is 20.4. The van der Waals surface area contributed by atoms with E-state index in [1.807, 2.05) is 12.1 Å². The van der Waals surface area contributed by atoms with Crippen molar-refractivity contribution < 1.29 is 9.32 Å². The highest BCUT2D eigenvalue weighted by Gasteiger charge is 2.30. The highest BCUT2D eigenvalue weighted by atomic mass is 32.1. The van der Waals surface area contributed by atoms with E-state index in [4.69, 9.17) is 4.52 Å². The number of rotatable bonds is 5. The van der Waals surface area contributed by atoms with Gasteiger partial charge in [-0.15, -0.1) is 11.3 Å². The van der Waals surface area contributed by atoms with Crippen molar-refractivity contribution in [3.63, 3.8) is 0 Å². The molecule has 8 heteroatoms. The Kier molecular flexibility index (Phi) is 5.45. The van der Waals surface area contributed by atoms with Crippen molar-refractivity contribution in [2.75, 3.05) is 5.32 Å². The van der Waals surface area contributed by atoms with Crippen LogP contribution in [0.25, 0.3) is 11.4 Å². The maximum absolute atomic E-state index is 12.4. The molecule has 1 aliphatic carbocycles. The lowest BCUT2D eigenvalue weighted by Gasteiger charge is -2.33. The van der Waals surface area contributed by atoms with Crippen LogP contribution in [-0.2, 0) is 24.1 Å². The summed E-state index contributed by atoms with van der Waals surface area (Å²) in [6.45, 7) is 6.89. The van der Waals surface area contributed by atoms with E-state index in [9.17, 15) is 4.79 Å². The molecular weight excluding hydrogens is 386 g/mol. The van der Waals surface area contributed by atoms with Crippen molar-refractivity contribution in [1.29, 1.82) is 0 Å². The van der Waals surface area contributed by atoms with Crippen LogP contribution in [0.5, 0.6) is 0 Å². The van der Waals surface area contributed by atoms with Gasteiger partial charge in [0.2, 0.25) is 17.6 Å². The molecule has 29 heavy (non-hydrogen) atoms. The summed E-state index contributed by atoms with van der Waals surface area (Å²) in [4.78, 5) is 26.7. The number of thiazole rings is 1. The second-order valence-electron chi connectivity index (χ2n) is 8.50. The van der Waals surface area contributed by atoms with Gasteiger partial charge in [-0.2, -0.15) is 4.98 Å². The molecule has 1 amide bonds. The van der Waals surface area contributed by atoms with Gasteiger partial charge in [-0.1, -0.05) is 25.9 Å². The van der Waals surface area contributed by atoms with Crippen LogP contribution in [0.2, 0.25) is 0 Å². The number of nitrogens with one attached hydrogen (secondary N) is 1. The summed E-state index contributed by atoms with van der Waals surface area (Å²) in [5.41, 5.74) is 2.22. The maximum atomic E-state index is 12.4. The van der Waals surface area contributed by atoms with Gasteiger partial charge >= 0.3 is 0 Å². The molecular formula is C21H25N5O2S. The van der Waals surface area contributed by atoms with E-state index < -0.39 is 0 Å². The average Bonchev–Trinajstić information content (AvgIpc) is 3.32. The zero-order valence-corrected chi connectivity index (χ0v) is 17.8. The first-order valence-electron chi connectivity index (χ1n) is 9.90. The normalized spacial score (nSPS) is 16.4. The Bertz CT molecular complexity index is 990. The molecule has 1 N–H and O–H groups in total. The second kappa shape index (κ2) is 8.02.